The Hall–Kier alpha value is -0.240. The Labute approximate surface area is 133 Å². The van der Waals surface area contributed by atoms with Crippen molar-refractivity contribution in [3.8, 4) is 0 Å². The molecular weight excluding hydrogens is 289 g/mol. The van der Waals surface area contributed by atoms with Gasteiger partial charge in [-0.05, 0) is 62.1 Å². The van der Waals surface area contributed by atoms with E-state index >= 15 is 0 Å². The summed E-state index contributed by atoms with van der Waals surface area (Å²) in [5.41, 5.74) is 1.67. The third-order valence-corrected chi connectivity index (χ3v) is 5.65. The van der Waals surface area contributed by atoms with Gasteiger partial charge in [0, 0.05) is 6.04 Å². The number of halogens is 2. The van der Waals surface area contributed by atoms with Crippen LogP contribution < -0.4 is 5.32 Å². The van der Waals surface area contributed by atoms with Crippen LogP contribution in [0.25, 0.3) is 0 Å². The fourth-order valence-electron chi connectivity index (χ4n) is 3.27. The summed E-state index contributed by atoms with van der Waals surface area (Å²) in [7, 11) is 2.06. The van der Waals surface area contributed by atoms with E-state index in [1.165, 1.54) is 25.7 Å². The monoisotopic (exact) mass is 313 g/mol. The lowest BCUT2D eigenvalue weighted by atomic mass is 9.70. The van der Waals surface area contributed by atoms with Crippen molar-refractivity contribution in [1.82, 2.24) is 5.32 Å². The van der Waals surface area contributed by atoms with Gasteiger partial charge in [-0.1, -0.05) is 49.2 Å². The lowest BCUT2D eigenvalue weighted by molar-refractivity contribution is 0.163. The van der Waals surface area contributed by atoms with E-state index < -0.39 is 0 Å². The maximum atomic E-state index is 6.32. The normalized spacial score (nSPS) is 20.9. The predicted molar refractivity (Wildman–Crippen MR) is 88.8 cm³/mol. The van der Waals surface area contributed by atoms with Crippen molar-refractivity contribution in [2.45, 2.75) is 52.0 Å². The highest BCUT2D eigenvalue weighted by atomic mass is 35.5. The van der Waals surface area contributed by atoms with E-state index in [1.807, 2.05) is 12.1 Å². The molecule has 112 valence electrons. The van der Waals surface area contributed by atoms with Gasteiger partial charge in [-0.2, -0.15) is 0 Å². The van der Waals surface area contributed by atoms with E-state index in [0.717, 1.165) is 17.9 Å². The summed E-state index contributed by atoms with van der Waals surface area (Å²) in [6, 6.07) is 6.42. The maximum absolute atomic E-state index is 6.32. The van der Waals surface area contributed by atoms with E-state index in [1.54, 1.807) is 0 Å². The van der Waals surface area contributed by atoms with Gasteiger partial charge in [-0.25, -0.2) is 0 Å². The topological polar surface area (TPSA) is 12.0 Å². The highest BCUT2D eigenvalue weighted by Gasteiger charge is 2.31. The highest BCUT2D eigenvalue weighted by Crippen LogP contribution is 2.40. The molecule has 0 bridgehead atoms. The van der Waals surface area contributed by atoms with E-state index in [2.05, 4.69) is 32.3 Å². The molecule has 0 amide bonds. The second-order valence-electron chi connectivity index (χ2n) is 6.81. The van der Waals surface area contributed by atoms with Gasteiger partial charge in [0.05, 0.1) is 10.0 Å². The molecular formula is C17H25Cl2N. The zero-order chi connectivity index (χ0) is 14.8. The van der Waals surface area contributed by atoms with Crippen molar-refractivity contribution < 1.29 is 0 Å². The molecule has 1 atom stereocenters. The van der Waals surface area contributed by atoms with Gasteiger partial charge >= 0.3 is 0 Å². The molecule has 1 N–H and O–H groups in total. The minimum absolute atomic E-state index is 0.488. The Morgan fingerprint density at radius 1 is 1.25 bits per heavy atom. The first-order valence-corrected chi connectivity index (χ1v) is 8.29. The van der Waals surface area contributed by atoms with E-state index in [-0.39, 0.29) is 0 Å². The third-order valence-electron chi connectivity index (χ3n) is 4.80. The molecule has 1 unspecified atom stereocenters. The van der Waals surface area contributed by atoms with E-state index in [4.69, 9.17) is 23.2 Å². The standard InChI is InChI=1S/C17H25Cl2N/c1-17(2)9-7-12(8-10-17)15(20-3)11-13-5-4-6-14(18)16(13)19/h4-6,12,15,20H,7-11H2,1-3H3. The Balaban J connectivity index is 2.04. The van der Waals surface area contributed by atoms with Gasteiger partial charge in [0.1, 0.15) is 0 Å². The first kappa shape index (κ1) is 16.1. The molecule has 1 nitrogen and oxygen atoms in total. The average Bonchev–Trinajstić information content (AvgIpc) is 2.41. The van der Waals surface area contributed by atoms with Crippen molar-refractivity contribution in [2.75, 3.05) is 7.05 Å². The quantitative estimate of drug-likeness (QED) is 0.791. The second-order valence-corrected chi connectivity index (χ2v) is 7.60. The van der Waals surface area contributed by atoms with E-state index in [0.29, 0.717) is 21.5 Å². The largest absolute Gasteiger partial charge is 0.316 e. The van der Waals surface area contributed by atoms with Crippen LogP contribution in [0.15, 0.2) is 18.2 Å². The van der Waals surface area contributed by atoms with Gasteiger partial charge in [0.2, 0.25) is 0 Å². The van der Waals surface area contributed by atoms with Gasteiger partial charge in [0.15, 0.2) is 0 Å². The molecule has 0 aliphatic heterocycles. The van der Waals surface area contributed by atoms with Crippen LogP contribution in [0.1, 0.15) is 45.1 Å². The number of benzene rings is 1. The van der Waals surface area contributed by atoms with Crippen LogP contribution >= 0.6 is 23.2 Å². The van der Waals surface area contributed by atoms with Crippen molar-refractivity contribution in [3.05, 3.63) is 33.8 Å². The number of nitrogens with one attached hydrogen (secondary N) is 1. The molecule has 0 heterocycles. The fraction of sp³-hybridized carbons (Fsp3) is 0.647. The van der Waals surface area contributed by atoms with Crippen LogP contribution in [0.3, 0.4) is 0 Å². The zero-order valence-electron chi connectivity index (χ0n) is 12.7. The summed E-state index contributed by atoms with van der Waals surface area (Å²) in [5, 5.41) is 4.86. The van der Waals surface area contributed by atoms with Gasteiger partial charge in [0.25, 0.3) is 0 Å². The first-order chi connectivity index (χ1) is 9.43. The van der Waals surface area contributed by atoms with Crippen LogP contribution in [0.5, 0.6) is 0 Å². The second kappa shape index (κ2) is 6.68. The summed E-state index contributed by atoms with van der Waals surface area (Å²) >= 11 is 12.4. The SMILES string of the molecule is CNC(Cc1cccc(Cl)c1Cl)C1CCC(C)(C)CC1. The first-order valence-electron chi connectivity index (χ1n) is 7.53. The smallest absolute Gasteiger partial charge is 0.0624 e. The Kier molecular flexibility index (Phi) is 5.39. The number of hydrogen-bond donors (Lipinski definition) is 1. The molecule has 1 aromatic carbocycles. The Bertz CT molecular complexity index is 446. The third kappa shape index (κ3) is 3.90. The zero-order valence-corrected chi connectivity index (χ0v) is 14.2. The maximum Gasteiger partial charge on any atom is 0.0624 e. The van der Waals surface area contributed by atoms with Crippen molar-refractivity contribution in [2.24, 2.45) is 11.3 Å². The van der Waals surface area contributed by atoms with E-state index in [9.17, 15) is 0 Å². The number of rotatable bonds is 4. The Morgan fingerprint density at radius 3 is 2.50 bits per heavy atom. The van der Waals surface area contributed by atoms with Crippen LogP contribution in [-0.2, 0) is 6.42 Å². The molecule has 20 heavy (non-hydrogen) atoms. The molecule has 3 heteroatoms. The summed E-state index contributed by atoms with van der Waals surface area (Å²) in [5.74, 6) is 0.739. The van der Waals surface area contributed by atoms with Crippen molar-refractivity contribution >= 4 is 23.2 Å². The fourth-order valence-corrected chi connectivity index (χ4v) is 3.67. The molecule has 1 aromatic rings. The van der Waals surface area contributed by atoms with Crippen molar-refractivity contribution in [3.63, 3.8) is 0 Å². The lowest BCUT2D eigenvalue weighted by Gasteiger charge is -2.38. The van der Waals surface area contributed by atoms with Crippen LogP contribution in [0.4, 0.5) is 0 Å². The summed E-state index contributed by atoms with van der Waals surface area (Å²) in [4.78, 5) is 0. The molecule has 1 fully saturated rings. The van der Waals surface area contributed by atoms with Crippen molar-refractivity contribution in [1.29, 1.82) is 0 Å². The minimum atomic E-state index is 0.488. The van der Waals surface area contributed by atoms with Crippen LogP contribution in [-0.4, -0.2) is 13.1 Å². The Morgan fingerprint density at radius 2 is 1.90 bits per heavy atom. The lowest BCUT2D eigenvalue weighted by Crippen LogP contribution is -2.38. The molecule has 1 saturated carbocycles. The van der Waals surface area contributed by atoms with Gasteiger partial charge < -0.3 is 5.32 Å². The molecule has 0 saturated heterocycles. The molecule has 0 spiro atoms. The molecule has 1 aliphatic carbocycles. The van der Waals surface area contributed by atoms with Crippen LogP contribution in [0, 0.1) is 11.3 Å². The van der Waals surface area contributed by atoms with Crippen LogP contribution in [0.2, 0.25) is 10.0 Å². The minimum Gasteiger partial charge on any atom is -0.316 e. The number of hydrogen-bond acceptors (Lipinski definition) is 1. The molecule has 2 rings (SSSR count). The van der Waals surface area contributed by atoms with Gasteiger partial charge in [-0.15, -0.1) is 0 Å². The van der Waals surface area contributed by atoms with Gasteiger partial charge in [-0.3, -0.25) is 0 Å². The predicted octanol–water partition coefficient (Wildman–Crippen LogP) is 5.34. The summed E-state index contributed by atoms with van der Waals surface area (Å²) in [6.45, 7) is 4.76. The molecule has 1 aliphatic rings. The average molecular weight is 314 g/mol. The number of likely N-dealkylation sites (N-methyl/N-ethyl adjacent to an activating group) is 1. The summed E-state index contributed by atoms with van der Waals surface area (Å²) in [6.07, 6.45) is 6.20. The molecule has 0 aromatic heterocycles. The summed E-state index contributed by atoms with van der Waals surface area (Å²) < 4.78 is 0. The highest BCUT2D eigenvalue weighted by molar-refractivity contribution is 6.42. The molecule has 0 radical (unpaired) electrons.